The average Bonchev–Trinajstić information content (AvgIpc) is 2.98. The number of anilines is 1. The van der Waals surface area contributed by atoms with E-state index in [1.807, 2.05) is 6.92 Å². The molecule has 2 rings (SSSR count). The molecule has 6 nitrogen and oxygen atoms in total. The van der Waals surface area contributed by atoms with E-state index >= 15 is 0 Å². The van der Waals surface area contributed by atoms with Gasteiger partial charge in [-0.2, -0.15) is 0 Å². The van der Waals surface area contributed by atoms with Crippen LogP contribution in [0.25, 0.3) is 0 Å². The van der Waals surface area contributed by atoms with Crippen molar-refractivity contribution in [1.82, 2.24) is 10.1 Å². The number of carbonyl (C=O) groups excluding carboxylic acids is 2. The molecule has 134 valence electrons. The second kappa shape index (κ2) is 8.96. The van der Waals surface area contributed by atoms with Crippen LogP contribution in [0.1, 0.15) is 42.3 Å². The number of benzene rings is 1. The van der Waals surface area contributed by atoms with Crippen molar-refractivity contribution in [3.05, 3.63) is 47.5 Å². The minimum Gasteiger partial charge on any atom is -0.360 e. The Hall–Kier alpha value is -2.70. The number of nitrogens with zero attached hydrogens (tertiary/aromatic N) is 2. The average molecular weight is 347 g/mol. The standard InChI is InChI=1S/C18H22FN3O3/c1-3-4-7-10-22(18(24)14-8-5-6-9-15(14)19)12-17(23)20-16-11-13(2)25-21-16/h5-6,8-9,11H,3-4,7,10,12H2,1-2H3,(H,20,21,23). The zero-order valence-electron chi connectivity index (χ0n) is 14.4. The van der Waals surface area contributed by atoms with Gasteiger partial charge in [0.2, 0.25) is 5.91 Å². The van der Waals surface area contributed by atoms with Crippen LogP contribution in [0.5, 0.6) is 0 Å². The molecule has 1 heterocycles. The number of rotatable bonds is 8. The first-order valence-corrected chi connectivity index (χ1v) is 8.28. The molecular formula is C18H22FN3O3. The van der Waals surface area contributed by atoms with Crippen molar-refractivity contribution in [3.63, 3.8) is 0 Å². The van der Waals surface area contributed by atoms with Crippen LogP contribution < -0.4 is 5.32 Å². The molecule has 25 heavy (non-hydrogen) atoms. The lowest BCUT2D eigenvalue weighted by Gasteiger charge is -2.22. The van der Waals surface area contributed by atoms with Gasteiger partial charge >= 0.3 is 0 Å². The largest absolute Gasteiger partial charge is 0.360 e. The maximum absolute atomic E-state index is 13.9. The van der Waals surface area contributed by atoms with Gasteiger partial charge in [-0.1, -0.05) is 37.1 Å². The third kappa shape index (κ3) is 5.41. The summed E-state index contributed by atoms with van der Waals surface area (Å²) in [4.78, 5) is 26.2. The van der Waals surface area contributed by atoms with Crippen molar-refractivity contribution in [2.45, 2.75) is 33.1 Å². The zero-order valence-corrected chi connectivity index (χ0v) is 14.4. The maximum atomic E-state index is 13.9. The Morgan fingerprint density at radius 1 is 1.28 bits per heavy atom. The van der Waals surface area contributed by atoms with E-state index in [1.165, 1.54) is 23.1 Å². The number of aryl methyl sites for hydroxylation is 1. The minimum absolute atomic E-state index is 0.0379. The van der Waals surface area contributed by atoms with E-state index in [0.717, 1.165) is 19.3 Å². The van der Waals surface area contributed by atoms with Gasteiger partial charge < -0.3 is 14.7 Å². The van der Waals surface area contributed by atoms with Gasteiger partial charge in [-0.15, -0.1) is 0 Å². The topological polar surface area (TPSA) is 75.4 Å². The van der Waals surface area contributed by atoms with Crippen molar-refractivity contribution in [1.29, 1.82) is 0 Å². The third-order valence-corrected chi connectivity index (χ3v) is 3.65. The summed E-state index contributed by atoms with van der Waals surface area (Å²) in [5, 5.41) is 6.26. The van der Waals surface area contributed by atoms with Crippen molar-refractivity contribution in [3.8, 4) is 0 Å². The minimum atomic E-state index is -0.597. The van der Waals surface area contributed by atoms with Gasteiger partial charge in [0.15, 0.2) is 5.82 Å². The van der Waals surface area contributed by atoms with Crippen LogP contribution in [0.15, 0.2) is 34.9 Å². The zero-order chi connectivity index (χ0) is 18.2. The first kappa shape index (κ1) is 18.6. The molecule has 0 aliphatic rings. The summed E-state index contributed by atoms with van der Waals surface area (Å²) in [6.07, 6.45) is 2.64. The summed E-state index contributed by atoms with van der Waals surface area (Å²) in [5.74, 6) is -0.650. The number of carbonyl (C=O) groups is 2. The molecule has 1 aromatic carbocycles. The van der Waals surface area contributed by atoms with Crippen molar-refractivity contribution in [2.75, 3.05) is 18.4 Å². The van der Waals surface area contributed by atoms with E-state index < -0.39 is 17.6 Å². The Balaban J connectivity index is 2.07. The summed E-state index contributed by atoms with van der Waals surface area (Å²) in [5.41, 5.74) is -0.0379. The van der Waals surface area contributed by atoms with Crippen LogP contribution in [-0.4, -0.2) is 35.0 Å². The highest BCUT2D eigenvalue weighted by Crippen LogP contribution is 2.12. The monoisotopic (exact) mass is 347 g/mol. The number of halogens is 1. The summed E-state index contributed by atoms with van der Waals surface area (Å²) >= 11 is 0. The Bertz CT molecular complexity index is 730. The summed E-state index contributed by atoms with van der Waals surface area (Å²) in [7, 11) is 0. The molecule has 0 aliphatic carbocycles. The molecule has 0 saturated heterocycles. The van der Waals surface area contributed by atoms with Gasteiger partial charge in [0.25, 0.3) is 5.91 Å². The summed E-state index contributed by atoms with van der Waals surface area (Å²) < 4.78 is 18.8. The Morgan fingerprint density at radius 3 is 2.68 bits per heavy atom. The highest BCUT2D eigenvalue weighted by molar-refractivity contribution is 5.99. The quantitative estimate of drug-likeness (QED) is 0.743. The van der Waals surface area contributed by atoms with E-state index in [2.05, 4.69) is 10.5 Å². The van der Waals surface area contributed by atoms with Crippen molar-refractivity contribution in [2.24, 2.45) is 0 Å². The molecule has 2 aromatic rings. The van der Waals surface area contributed by atoms with Gasteiger partial charge in [-0.05, 0) is 25.5 Å². The lowest BCUT2D eigenvalue weighted by Crippen LogP contribution is -2.39. The first-order chi connectivity index (χ1) is 12.0. The van der Waals surface area contributed by atoms with Gasteiger partial charge in [0.1, 0.15) is 18.1 Å². The molecule has 0 atom stereocenters. The number of nitrogens with one attached hydrogen (secondary N) is 1. The maximum Gasteiger partial charge on any atom is 0.257 e. The Labute approximate surface area is 146 Å². The lowest BCUT2D eigenvalue weighted by atomic mass is 10.1. The van der Waals surface area contributed by atoms with Crippen LogP contribution >= 0.6 is 0 Å². The molecule has 0 unspecified atom stereocenters. The second-order valence-corrected chi connectivity index (χ2v) is 5.78. The van der Waals surface area contributed by atoms with Crippen molar-refractivity contribution < 1.29 is 18.5 Å². The fourth-order valence-electron chi connectivity index (χ4n) is 2.39. The highest BCUT2D eigenvalue weighted by atomic mass is 19.1. The van der Waals surface area contributed by atoms with Gasteiger partial charge in [-0.25, -0.2) is 4.39 Å². The molecule has 7 heteroatoms. The molecular weight excluding hydrogens is 325 g/mol. The van der Waals surface area contributed by atoms with Gasteiger partial charge in [-0.3, -0.25) is 9.59 Å². The number of hydrogen-bond acceptors (Lipinski definition) is 4. The van der Waals surface area contributed by atoms with Crippen LogP contribution in [-0.2, 0) is 4.79 Å². The Morgan fingerprint density at radius 2 is 2.04 bits per heavy atom. The van der Waals surface area contributed by atoms with E-state index in [4.69, 9.17) is 4.52 Å². The van der Waals surface area contributed by atoms with Crippen molar-refractivity contribution >= 4 is 17.6 Å². The fraction of sp³-hybridized carbons (Fsp3) is 0.389. The van der Waals surface area contributed by atoms with Crippen LogP contribution in [0.3, 0.4) is 0 Å². The van der Waals surface area contributed by atoms with E-state index in [-0.39, 0.29) is 17.9 Å². The molecule has 0 radical (unpaired) electrons. The van der Waals surface area contributed by atoms with Crippen LogP contribution in [0.2, 0.25) is 0 Å². The SMILES string of the molecule is CCCCCN(CC(=O)Nc1cc(C)on1)C(=O)c1ccccc1F. The first-order valence-electron chi connectivity index (χ1n) is 8.28. The number of hydrogen-bond donors (Lipinski definition) is 1. The molecule has 0 saturated carbocycles. The highest BCUT2D eigenvalue weighted by Gasteiger charge is 2.21. The summed E-state index contributed by atoms with van der Waals surface area (Å²) in [6.45, 7) is 3.96. The number of amides is 2. The normalized spacial score (nSPS) is 10.5. The van der Waals surface area contributed by atoms with Crippen LogP contribution in [0.4, 0.5) is 10.2 Å². The number of aromatic nitrogens is 1. The van der Waals surface area contributed by atoms with E-state index in [0.29, 0.717) is 12.3 Å². The third-order valence-electron chi connectivity index (χ3n) is 3.65. The van der Waals surface area contributed by atoms with Gasteiger partial charge in [0, 0.05) is 12.6 Å². The molecule has 0 spiro atoms. The summed E-state index contributed by atoms with van der Waals surface area (Å²) in [6, 6.07) is 7.35. The molecule has 1 N–H and O–H groups in total. The predicted octanol–water partition coefficient (Wildman–Crippen LogP) is 3.39. The van der Waals surface area contributed by atoms with E-state index in [1.54, 1.807) is 19.1 Å². The molecule has 0 fully saturated rings. The fourth-order valence-corrected chi connectivity index (χ4v) is 2.39. The Kier molecular flexibility index (Phi) is 6.68. The lowest BCUT2D eigenvalue weighted by molar-refractivity contribution is -0.117. The molecule has 0 bridgehead atoms. The smallest absolute Gasteiger partial charge is 0.257 e. The van der Waals surface area contributed by atoms with Gasteiger partial charge in [0.05, 0.1) is 5.56 Å². The number of unbranched alkanes of at least 4 members (excludes halogenated alkanes) is 2. The van der Waals surface area contributed by atoms with E-state index in [9.17, 15) is 14.0 Å². The molecule has 1 aromatic heterocycles. The second-order valence-electron chi connectivity index (χ2n) is 5.78. The molecule has 2 amide bonds. The predicted molar refractivity (Wildman–Crippen MR) is 91.7 cm³/mol. The molecule has 0 aliphatic heterocycles. The van der Waals surface area contributed by atoms with Crippen LogP contribution in [0, 0.1) is 12.7 Å².